The molecular formula is C8H18N2O2. The minimum absolute atomic E-state index is 0.325. The maximum Gasteiger partial charge on any atom is 0.407 e. The number of carbonyl (C=O) groups is 1. The van der Waals surface area contributed by atoms with E-state index in [0.717, 1.165) is 19.5 Å². The minimum Gasteiger partial charge on any atom is -0.450 e. The van der Waals surface area contributed by atoms with Crippen LogP contribution in [-0.4, -0.2) is 32.3 Å². The Kier molecular flexibility index (Phi) is 7.79. The predicted molar refractivity (Wildman–Crippen MR) is 48.2 cm³/mol. The first-order valence-electron chi connectivity index (χ1n) is 4.42. The van der Waals surface area contributed by atoms with E-state index in [1.807, 2.05) is 0 Å². The van der Waals surface area contributed by atoms with Crippen molar-refractivity contribution in [2.75, 3.05) is 26.2 Å². The van der Waals surface area contributed by atoms with Gasteiger partial charge in [0.25, 0.3) is 0 Å². The average molecular weight is 174 g/mol. The van der Waals surface area contributed by atoms with E-state index in [1.54, 1.807) is 6.92 Å². The smallest absolute Gasteiger partial charge is 0.407 e. The predicted octanol–water partition coefficient (Wildman–Crippen LogP) is 0.732. The van der Waals surface area contributed by atoms with Crippen LogP contribution in [0.25, 0.3) is 0 Å². The van der Waals surface area contributed by atoms with Crippen molar-refractivity contribution in [3.8, 4) is 0 Å². The molecule has 0 aliphatic rings. The first kappa shape index (κ1) is 11.2. The number of amides is 1. The zero-order chi connectivity index (χ0) is 9.23. The van der Waals surface area contributed by atoms with E-state index in [-0.39, 0.29) is 6.09 Å². The zero-order valence-corrected chi connectivity index (χ0v) is 7.85. The molecule has 0 aliphatic carbocycles. The van der Waals surface area contributed by atoms with Crippen LogP contribution < -0.4 is 10.6 Å². The fourth-order valence-corrected chi connectivity index (χ4v) is 0.763. The van der Waals surface area contributed by atoms with Crippen LogP contribution in [-0.2, 0) is 4.74 Å². The van der Waals surface area contributed by atoms with E-state index >= 15 is 0 Å². The molecule has 0 aliphatic heterocycles. The normalized spacial score (nSPS) is 9.50. The summed E-state index contributed by atoms with van der Waals surface area (Å²) in [5.41, 5.74) is 0. The molecular weight excluding hydrogens is 156 g/mol. The van der Waals surface area contributed by atoms with Gasteiger partial charge in [-0.05, 0) is 26.4 Å². The molecule has 2 N–H and O–H groups in total. The second-order valence-corrected chi connectivity index (χ2v) is 2.35. The van der Waals surface area contributed by atoms with Gasteiger partial charge >= 0.3 is 6.09 Å². The van der Waals surface area contributed by atoms with Crippen LogP contribution in [0, 0.1) is 0 Å². The Balaban J connectivity index is 3.03. The number of hydrogen-bond donors (Lipinski definition) is 2. The summed E-state index contributed by atoms with van der Waals surface area (Å²) in [4.78, 5) is 10.7. The molecule has 0 aromatic rings. The van der Waals surface area contributed by atoms with Gasteiger partial charge in [0.15, 0.2) is 0 Å². The molecule has 0 unspecified atom stereocenters. The molecule has 0 aromatic carbocycles. The molecule has 0 atom stereocenters. The van der Waals surface area contributed by atoms with Crippen molar-refractivity contribution in [2.45, 2.75) is 20.3 Å². The first-order chi connectivity index (χ1) is 5.81. The lowest BCUT2D eigenvalue weighted by Crippen LogP contribution is -2.27. The van der Waals surface area contributed by atoms with Gasteiger partial charge in [-0.1, -0.05) is 6.92 Å². The van der Waals surface area contributed by atoms with Crippen LogP contribution >= 0.6 is 0 Å². The number of rotatable bonds is 6. The summed E-state index contributed by atoms with van der Waals surface area (Å²) in [7, 11) is 0. The summed E-state index contributed by atoms with van der Waals surface area (Å²) >= 11 is 0. The Morgan fingerprint density at radius 3 is 2.67 bits per heavy atom. The molecule has 4 nitrogen and oxygen atoms in total. The van der Waals surface area contributed by atoms with Crippen molar-refractivity contribution in [1.29, 1.82) is 0 Å². The molecule has 0 radical (unpaired) electrons. The molecule has 0 bridgehead atoms. The molecule has 0 heterocycles. The van der Waals surface area contributed by atoms with Gasteiger partial charge in [-0.3, -0.25) is 0 Å². The van der Waals surface area contributed by atoms with E-state index in [0.29, 0.717) is 13.2 Å². The fourth-order valence-electron chi connectivity index (χ4n) is 0.763. The minimum atomic E-state index is -0.325. The Morgan fingerprint density at radius 1 is 1.33 bits per heavy atom. The van der Waals surface area contributed by atoms with E-state index in [2.05, 4.69) is 22.3 Å². The number of hydrogen-bond acceptors (Lipinski definition) is 3. The maximum atomic E-state index is 10.7. The summed E-state index contributed by atoms with van der Waals surface area (Å²) < 4.78 is 4.68. The van der Waals surface area contributed by atoms with Gasteiger partial charge < -0.3 is 15.4 Å². The van der Waals surface area contributed by atoms with E-state index < -0.39 is 0 Å². The molecule has 0 saturated carbocycles. The summed E-state index contributed by atoms with van der Waals surface area (Å²) in [5, 5.41) is 5.80. The number of ether oxygens (including phenoxy) is 1. The molecule has 0 aromatic heterocycles. The van der Waals surface area contributed by atoms with Crippen molar-refractivity contribution in [2.24, 2.45) is 0 Å². The van der Waals surface area contributed by atoms with Crippen LogP contribution in [0.4, 0.5) is 4.79 Å². The van der Waals surface area contributed by atoms with Gasteiger partial charge in [-0.15, -0.1) is 0 Å². The number of alkyl carbamates (subject to hydrolysis) is 1. The molecule has 0 saturated heterocycles. The molecule has 12 heavy (non-hydrogen) atoms. The quantitative estimate of drug-likeness (QED) is 0.584. The Bertz CT molecular complexity index is 118. The molecule has 0 rings (SSSR count). The lowest BCUT2D eigenvalue weighted by atomic mass is 10.4. The van der Waals surface area contributed by atoms with Crippen molar-refractivity contribution in [3.63, 3.8) is 0 Å². The van der Waals surface area contributed by atoms with Crippen LogP contribution in [0.2, 0.25) is 0 Å². The highest BCUT2D eigenvalue weighted by molar-refractivity contribution is 5.66. The summed E-state index contributed by atoms with van der Waals surface area (Å²) in [6.45, 7) is 6.85. The Labute approximate surface area is 73.7 Å². The van der Waals surface area contributed by atoms with Crippen LogP contribution in [0.15, 0.2) is 0 Å². The second kappa shape index (κ2) is 8.33. The Morgan fingerprint density at radius 2 is 2.08 bits per heavy atom. The maximum absolute atomic E-state index is 10.7. The van der Waals surface area contributed by atoms with Crippen LogP contribution in [0.5, 0.6) is 0 Å². The SMILES string of the molecule is CCNCCCNC(=O)OCC. The zero-order valence-electron chi connectivity index (χ0n) is 7.85. The van der Waals surface area contributed by atoms with Gasteiger partial charge in [-0.2, -0.15) is 0 Å². The highest BCUT2D eigenvalue weighted by Gasteiger charge is 1.96. The van der Waals surface area contributed by atoms with Gasteiger partial charge in [0.05, 0.1) is 6.61 Å². The fraction of sp³-hybridized carbons (Fsp3) is 0.875. The highest BCUT2D eigenvalue weighted by Crippen LogP contribution is 1.78. The second-order valence-electron chi connectivity index (χ2n) is 2.35. The van der Waals surface area contributed by atoms with Gasteiger partial charge in [0, 0.05) is 6.54 Å². The lowest BCUT2D eigenvalue weighted by Gasteiger charge is -2.04. The lowest BCUT2D eigenvalue weighted by molar-refractivity contribution is 0.152. The average Bonchev–Trinajstić information content (AvgIpc) is 2.05. The monoisotopic (exact) mass is 174 g/mol. The Hall–Kier alpha value is -0.770. The van der Waals surface area contributed by atoms with Gasteiger partial charge in [-0.25, -0.2) is 4.79 Å². The number of carbonyl (C=O) groups excluding carboxylic acids is 1. The molecule has 4 heteroatoms. The summed E-state index contributed by atoms with van der Waals surface area (Å²) in [6, 6.07) is 0. The topological polar surface area (TPSA) is 50.4 Å². The molecule has 72 valence electrons. The standard InChI is InChI=1S/C8H18N2O2/c1-3-9-6-5-7-10-8(11)12-4-2/h9H,3-7H2,1-2H3,(H,10,11). The molecule has 0 spiro atoms. The molecule has 1 amide bonds. The van der Waals surface area contributed by atoms with Crippen molar-refractivity contribution in [3.05, 3.63) is 0 Å². The third-order valence-electron chi connectivity index (χ3n) is 1.33. The largest absolute Gasteiger partial charge is 0.450 e. The molecule has 0 fully saturated rings. The van der Waals surface area contributed by atoms with Gasteiger partial charge in [0.1, 0.15) is 0 Å². The van der Waals surface area contributed by atoms with E-state index in [1.165, 1.54) is 0 Å². The van der Waals surface area contributed by atoms with Crippen LogP contribution in [0.1, 0.15) is 20.3 Å². The third kappa shape index (κ3) is 7.34. The van der Waals surface area contributed by atoms with E-state index in [9.17, 15) is 4.79 Å². The summed E-state index contributed by atoms with van der Waals surface area (Å²) in [5.74, 6) is 0. The van der Waals surface area contributed by atoms with Crippen molar-refractivity contribution >= 4 is 6.09 Å². The van der Waals surface area contributed by atoms with Crippen molar-refractivity contribution in [1.82, 2.24) is 10.6 Å². The van der Waals surface area contributed by atoms with Gasteiger partial charge in [0.2, 0.25) is 0 Å². The van der Waals surface area contributed by atoms with Crippen LogP contribution in [0.3, 0.4) is 0 Å². The third-order valence-corrected chi connectivity index (χ3v) is 1.33. The summed E-state index contributed by atoms with van der Waals surface area (Å²) in [6.07, 6.45) is 0.612. The number of nitrogens with one attached hydrogen (secondary N) is 2. The first-order valence-corrected chi connectivity index (χ1v) is 4.42. The van der Waals surface area contributed by atoms with Crippen molar-refractivity contribution < 1.29 is 9.53 Å². The van der Waals surface area contributed by atoms with E-state index in [4.69, 9.17) is 0 Å². The highest BCUT2D eigenvalue weighted by atomic mass is 16.5.